The summed E-state index contributed by atoms with van der Waals surface area (Å²) in [5.41, 5.74) is 3.73. The summed E-state index contributed by atoms with van der Waals surface area (Å²) in [5.74, 6) is 2.76. The van der Waals surface area contributed by atoms with Gasteiger partial charge in [0, 0.05) is 11.6 Å². The molecule has 3 nitrogen and oxygen atoms in total. The van der Waals surface area contributed by atoms with Gasteiger partial charge in [-0.25, -0.2) is 0 Å². The van der Waals surface area contributed by atoms with Gasteiger partial charge in [-0.05, 0) is 73.0 Å². The van der Waals surface area contributed by atoms with Crippen molar-refractivity contribution >= 4 is 5.71 Å². The number of ether oxygens (including phenoxy) is 1. The first-order valence-electron chi connectivity index (χ1n) is 8.47. The Hall–Kier alpha value is -1.51. The van der Waals surface area contributed by atoms with Crippen molar-refractivity contribution in [3.63, 3.8) is 0 Å². The first-order chi connectivity index (χ1) is 10.7. The molecule has 117 valence electrons. The van der Waals surface area contributed by atoms with E-state index >= 15 is 0 Å². The van der Waals surface area contributed by atoms with Crippen molar-refractivity contribution in [3.8, 4) is 5.75 Å². The summed E-state index contributed by atoms with van der Waals surface area (Å²) in [5, 5.41) is 13.1. The fourth-order valence-electron chi connectivity index (χ4n) is 5.54. The first-order valence-corrected chi connectivity index (χ1v) is 8.47. The summed E-state index contributed by atoms with van der Waals surface area (Å²) in [6.45, 7) is 2.48. The quantitative estimate of drug-likeness (QED) is 0.617. The average Bonchev–Trinajstić information content (AvgIpc) is 2.95. The van der Waals surface area contributed by atoms with E-state index in [2.05, 4.69) is 24.2 Å². The van der Waals surface area contributed by atoms with Crippen molar-refractivity contribution in [1.29, 1.82) is 0 Å². The van der Waals surface area contributed by atoms with Crippen molar-refractivity contribution in [1.82, 2.24) is 0 Å². The van der Waals surface area contributed by atoms with Crippen LogP contribution in [0.4, 0.5) is 0 Å². The third-order valence-corrected chi connectivity index (χ3v) is 6.65. The normalized spacial score (nSPS) is 38.3. The van der Waals surface area contributed by atoms with Gasteiger partial charge >= 0.3 is 0 Å². The Kier molecular flexibility index (Phi) is 3.21. The van der Waals surface area contributed by atoms with E-state index in [-0.39, 0.29) is 0 Å². The van der Waals surface area contributed by atoms with E-state index < -0.39 is 0 Å². The molecule has 2 saturated carbocycles. The number of fused-ring (bicyclic) bond motifs is 5. The monoisotopic (exact) mass is 298 g/mol. The highest BCUT2D eigenvalue weighted by molar-refractivity contribution is 6.03. The lowest BCUT2D eigenvalue weighted by Crippen LogP contribution is -2.41. The summed E-state index contributed by atoms with van der Waals surface area (Å²) in [7, 11) is 1.69. The summed E-state index contributed by atoms with van der Waals surface area (Å²) in [6.07, 6.45) is 7.54. The van der Waals surface area contributed by atoms with E-state index in [1.54, 1.807) is 7.11 Å². The second-order valence-corrected chi connectivity index (χ2v) is 7.58. The van der Waals surface area contributed by atoms with Crippen molar-refractivity contribution in [2.45, 2.75) is 51.4 Å². The minimum atomic E-state index is 0.504. The second-order valence-electron chi connectivity index (χ2n) is 7.58. The SMILES string of the molecule is COc1[c]cc2c(c1)[C@H]1CC[C@]3(C)CCC[C@H]3[C@@H]1CC2=NO. The van der Waals surface area contributed by atoms with Crippen LogP contribution >= 0.6 is 0 Å². The van der Waals surface area contributed by atoms with E-state index in [1.807, 2.05) is 6.07 Å². The molecule has 0 heterocycles. The first kappa shape index (κ1) is 14.1. The Morgan fingerprint density at radius 1 is 1.36 bits per heavy atom. The third-order valence-electron chi connectivity index (χ3n) is 6.65. The minimum absolute atomic E-state index is 0.504. The number of benzene rings is 1. The van der Waals surface area contributed by atoms with Crippen LogP contribution in [0, 0.1) is 23.3 Å². The molecule has 1 aromatic rings. The molecule has 0 amide bonds. The van der Waals surface area contributed by atoms with Gasteiger partial charge in [-0.2, -0.15) is 0 Å². The molecule has 4 atom stereocenters. The van der Waals surface area contributed by atoms with E-state index in [1.165, 1.54) is 37.7 Å². The van der Waals surface area contributed by atoms with Crippen LogP contribution in [-0.4, -0.2) is 18.0 Å². The van der Waals surface area contributed by atoms with Gasteiger partial charge in [0.2, 0.25) is 0 Å². The molecule has 22 heavy (non-hydrogen) atoms. The Balaban J connectivity index is 1.80. The maximum Gasteiger partial charge on any atom is 0.127 e. The molecule has 3 heteroatoms. The van der Waals surface area contributed by atoms with Crippen molar-refractivity contribution in [3.05, 3.63) is 29.3 Å². The maximum atomic E-state index is 9.50. The highest BCUT2D eigenvalue weighted by atomic mass is 16.5. The molecule has 0 bridgehead atoms. The van der Waals surface area contributed by atoms with Crippen LogP contribution in [0.5, 0.6) is 5.75 Å². The fraction of sp³-hybridized carbons (Fsp3) is 0.632. The summed E-state index contributed by atoms with van der Waals surface area (Å²) in [6, 6.07) is 7.21. The molecule has 0 aromatic heterocycles. The van der Waals surface area contributed by atoms with Crippen LogP contribution in [0.25, 0.3) is 0 Å². The molecule has 1 aromatic carbocycles. The molecule has 3 aliphatic rings. The van der Waals surface area contributed by atoms with Crippen LogP contribution < -0.4 is 4.74 Å². The van der Waals surface area contributed by atoms with Crippen LogP contribution in [0.15, 0.2) is 17.3 Å². The molecule has 4 rings (SSSR count). The molecule has 0 aliphatic heterocycles. The highest BCUT2D eigenvalue weighted by Crippen LogP contribution is 2.60. The lowest BCUT2D eigenvalue weighted by molar-refractivity contribution is 0.0712. The van der Waals surface area contributed by atoms with Crippen LogP contribution in [0.2, 0.25) is 0 Å². The van der Waals surface area contributed by atoms with Gasteiger partial charge in [0.25, 0.3) is 0 Å². The van der Waals surface area contributed by atoms with Gasteiger partial charge in [-0.1, -0.05) is 18.5 Å². The standard InChI is InChI=1S/C19H24NO2/c1-19-8-3-4-17(19)16-11-18(20-21)14-6-5-12(22-2)10-15(14)13(16)7-9-19/h6,10,13,16-17,21H,3-4,7-9,11H2,1-2H3/t13-,16-,17+,19+/m1/s1. The van der Waals surface area contributed by atoms with Crippen molar-refractivity contribution < 1.29 is 9.94 Å². The molecule has 1 radical (unpaired) electrons. The van der Waals surface area contributed by atoms with E-state index in [9.17, 15) is 5.21 Å². The Labute approximate surface area is 132 Å². The fourth-order valence-corrected chi connectivity index (χ4v) is 5.54. The summed E-state index contributed by atoms with van der Waals surface area (Å²) < 4.78 is 5.38. The molecule has 1 N–H and O–H groups in total. The zero-order valence-corrected chi connectivity index (χ0v) is 13.4. The molecule has 0 unspecified atom stereocenters. The van der Waals surface area contributed by atoms with Crippen molar-refractivity contribution in [2.24, 2.45) is 22.4 Å². The lowest BCUT2D eigenvalue weighted by atomic mass is 9.55. The predicted octanol–water partition coefficient (Wildman–Crippen LogP) is 4.38. The van der Waals surface area contributed by atoms with Crippen LogP contribution in [0.1, 0.15) is 62.5 Å². The summed E-state index contributed by atoms with van der Waals surface area (Å²) >= 11 is 0. The van der Waals surface area contributed by atoms with E-state index in [4.69, 9.17) is 4.74 Å². The number of nitrogens with zero attached hydrogens (tertiary/aromatic N) is 1. The van der Waals surface area contributed by atoms with Crippen LogP contribution in [0.3, 0.4) is 0 Å². The highest BCUT2D eigenvalue weighted by Gasteiger charge is 2.51. The van der Waals surface area contributed by atoms with Gasteiger partial charge in [0.05, 0.1) is 12.8 Å². The number of hydrogen-bond acceptors (Lipinski definition) is 3. The third kappa shape index (κ3) is 1.90. The topological polar surface area (TPSA) is 41.8 Å². The summed E-state index contributed by atoms with van der Waals surface area (Å²) in [4.78, 5) is 0. The van der Waals surface area contributed by atoms with Crippen LogP contribution in [-0.2, 0) is 0 Å². The van der Waals surface area contributed by atoms with E-state index in [0.717, 1.165) is 29.4 Å². The lowest BCUT2D eigenvalue weighted by Gasteiger charge is -2.49. The minimum Gasteiger partial charge on any atom is -0.496 e. The maximum absolute atomic E-state index is 9.50. The second kappa shape index (κ2) is 5.00. The van der Waals surface area contributed by atoms with E-state index in [0.29, 0.717) is 17.3 Å². The molecular formula is C19H24NO2. The number of hydrogen-bond donors (Lipinski definition) is 1. The zero-order valence-electron chi connectivity index (χ0n) is 13.4. The number of oxime groups is 1. The Morgan fingerprint density at radius 3 is 3.00 bits per heavy atom. The molecule has 0 saturated heterocycles. The van der Waals surface area contributed by atoms with Gasteiger partial charge < -0.3 is 9.94 Å². The predicted molar refractivity (Wildman–Crippen MR) is 85.7 cm³/mol. The van der Waals surface area contributed by atoms with Gasteiger partial charge in [0.1, 0.15) is 5.75 Å². The van der Waals surface area contributed by atoms with Gasteiger partial charge in [-0.15, -0.1) is 0 Å². The Bertz CT molecular complexity index is 624. The Morgan fingerprint density at radius 2 is 2.23 bits per heavy atom. The van der Waals surface area contributed by atoms with Crippen molar-refractivity contribution in [2.75, 3.05) is 7.11 Å². The molecule has 3 aliphatic carbocycles. The number of methoxy groups -OCH3 is 1. The zero-order chi connectivity index (χ0) is 15.3. The average molecular weight is 298 g/mol. The number of rotatable bonds is 1. The molecular weight excluding hydrogens is 274 g/mol. The van der Waals surface area contributed by atoms with Gasteiger partial charge in [0.15, 0.2) is 0 Å². The largest absolute Gasteiger partial charge is 0.496 e. The smallest absolute Gasteiger partial charge is 0.127 e. The van der Waals surface area contributed by atoms with Gasteiger partial charge in [-0.3, -0.25) is 0 Å². The molecule has 2 fully saturated rings. The molecule has 0 spiro atoms.